The minimum atomic E-state index is -0.265. The molecule has 0 aliphatic carbocycles. The first-order chi connectivity index (χ1) is 8.63. The molecule has 0 spiro atoms. The van der Waals surface area contributed by atoms with Crippen LogP contribution >= 0.6 is 0 Å². The lowest BCUT2D eigenvalue weighted by Gasteiger charge is -2.26. The van der Waals surface area contributed by atoms with E-state index in [1.165, 1.54) is 16.7 Å². The molecular weight excluding hydrogens is 226 g/mol. The molecule has 1 N–H and O–H groups in total. The number of methoxy groups -OCH3 is 2. The number of benzene rings is 1. The number of hydrogen-bond donors (Lipinski definition) is 1. The third kappa shape index (κ3) is 3.80. The van der Waals surface area contributed by atoms with E-state index in [4.69, 9.17) is 9.47 Å². The summed E-state index contributed by atoms with van der Waals surface area (Å²) in [4.78, 5) is 0. The molecule has 3 nitrogen and oxygen atoms in total. The van der Waals surface area contributed by atoms with Crippen molar-refractivity contribution >= 4 is 0 Å². The summed E-state index contributed by atoms with van der Waals surface area (Å²) in [5, 5.41) is 3.48. The predicted molar refractivity (Wildman–Crippen MR) is 74.8 cm³/mol. The summed E-state index contributed by atoms with van der Waals surface area (Å²) < 4.78 is 10.8. The normalized spacial score (nSPS) is 13.0. The van der Waals surface area contributed by atoms with Crippen molar-refractivity contribution in [2.75, 3.05) is 20.8 Å². The van der Waals surface area contributed by atoms with Gasteiger partial charge in [0.1, 0.15) is 0 Å². The van der Waals surface area contributed by atoms with Crippen LogP contribution in [-0.4, -0.2) is 27.1 Å². The molecule has 0 saturated heterocycles. The zero-order chi connectivity index (χ0) is 13.5. The predicted octanol–water partition coefficient (Wildman–Crippen LogP) is 2.96. The molecule has 0 saturated carbocycles. The Hall–Kier alpha value is -0.900. The van der Waals surface area contributed by atoms with Crippen LogP contribution in [0.4, 0.5) is 0 Å². The average Bonchev–Trinajstić information content (AvgIpc) is 2.38. The lowest BCUT2D eigenvalue weighted by molar-refractivity contribution is -0.124. The minimum absolute atomic E-state index is 0.0687. The highest BCUT2D eigenvalue weighted by Gasteiger charge is 2.22. The fourth-order valence-corrected chi connectivity index (χ4v) is 2.00. The summed E-state index contributed by atoms with van der Waals surface area (Å²) in [5.74, 6) is 0. The average molecular weight is 251 g/mol. The summed E-state index contributed by atoms with van der Waals surface area (Å²) >= 11 is 0. The van der Waals surface area contributed by atoms with Gasteiger partial charge in [-0.3, -0.25) is 0 Å². The maximum atomic E-state index is 5.40. The number of nitrogens with one attached hydrogen (secondary N) is 1. The summed E-state index contributed by atoms with van der Waals surface area (Å²) in [6.07, 6.45) is 0.820. The molecule has 1 aromatic carbocycles. The molecule has 18 heavy (non-hydrogen) atoms. The van der Waals surface area contributed by atoms with E-state index in [0.717, 1.165) is 13.0 Å². The second-order valence-corrected chi connectivity index (χ2v) is 4.62. The second-order valence-electron chi connectivity index (χ2n) is 4.62. The van der Waals surface area contributed by atoms with Crippen molar-refractivity contribution in [1.29, 1.82) is 0 Å². The Morgan fingerprint density at radius 3 is 2.28 bits per heavy atom. The van der Waals surface area contributed by atoms with E-state index in [-0.39, 0.29) is 12.3 Å². The van der Waals surface area contributed by atoms with Crippen molar-refractivity contribution in [3.63, 3.8) is 0 Å². The van der Waals surface area contributed by atoms with E-state index in [2.05, 4.69) is 44.3 Å². The van der Waals surface area contributed by atoms with Crippen LogP contribution in [0.25, 0.3) is 0 Å². The monoisotopic (exact) mass is 251 g/mol. The van der Waals surface area contributed by atoms with Gasteiger partial charge in [-0.15, -0.1) is 0 Å². The Kier molecular flexibility index (Phi) is 6.33. The Morgan fingerprint density at radius 2 is 1.78 bits per heavy atom. The fourth-order valence-electron chi connectivity index (χ4n) is 2.00. The lowest BCUT2D eigenvalue weighted by Crippen LogP contribution is -2.35. The minimum Gasteiger partial charge on any atom is -0.354 e. The van der Waals surface area contributed by atoms with Gasteiger partial charge < -0.3 is 14.8 Å². The molecule has 0 amide bonds. The molecule has 1 aromatic rings. The summed E-state index contributed by atoms with van der Waals surface area (Å²) in [6.45, 7) is 7.35. The van der Waals surface area contributed by atoms with Gasteiger partial charge in [-0.2, -0.15) is 0 Å². The largest absolute Gasteiger partial charge is 0.354 e. The second kappa shape index (κ2) is 7.52. The smallest absolute Gasteiger partial charge is 0.176 e. The van der Waals surface area contributed by atoms with Gasteiger partial charge in [0.25, 0.3) is 0 Å². The molecule has 0 aliphatic rings. The molecule has 0 bridgehead atoms. The van der Waals surface area contributed by atoms with Crippen molar-refractivity contribution < 1.29 is 9.47 Å². The molecule has 0 radical (unpaired) electrons. The Morgan fingerprint density at radius 1 is 1.11 bits per heavy atom. The van der Waals surface area contributed by atoms with E-state index in [1.807, 2.05) is 0 Å². The van der Waals surface area contributed by atoms with Crippen LogP contribution in [0, 0.1) is 13.8 Å². The molecule has 1 atom stereocenters. The number of hydrogen-bond acceptors (Lipinski definition) is 3. The highest BCUT2D eigenvalue weighted by molar-refractivity contribution is 5.32. The lowest BCUT2D eigenvalue weighted by atomic mass is 10.0. The fraction of sp³-hybridized carbons (Fsp3) is 0.600. The van der Waals surface area contributed by atoms with E-state index in [1.54, 1.807) is 14.2 Å². The van der Waals surface area contributed by atoms with Crippen LogP contribution in [-0.2, 0) is 9.47 Å². The molecular formula is C15H25NO2. The first kappa shape index (κ1) is 15.2. The first-order valence-electron chi connectivity index (χ1n) is 6.50. The van der Waals surface area contributed by atoms with E-state index < -0.39 is 0 Å². The third-order valence-electron chi connectivity index (χ3n) is 3.24. The van der Waals surface area contributed by atoms with Crippen LogP contribution in [0.3, 0.4) is 0 Å². The maximum Gasteiger partial charge on any atom is 0.176 e. The maximum absolute atomic E-state index is 5.40. The first-order valence-corrected chi connectivity index (χ1v) is 6.50. The molecule has 0 heterocycles. The topological polar surface area (TPSA) is 30.5 Å². The van der Waals surface area contributed by atoms with Crippen LogP contribution < -0.4 is 5.32 Å². The Bertz CT molecular complexity index is 362. The highest BCUT2D eigenvalue weighted by Crippen LogP contribution is 2.22. The molecule has 3 heteroatoms. The van der Waals surface area contributed by atoms with E-state index in [0.29, 0.717) is 0 Å². The van der Waals surface area contributed by atoms with Crippen molar-refractivity contribution in [2.45, 2.75) is 39.5 Å². The van der Waals surface area contributed by atoms with Gasteiger partial charge in [0, 0.05) is 14.2 Å². The molecule has 0 fully saturated rings. The zero-order valence-corrected chi connectivity index (χ0v) is 12.1. The van der Waals surface area contributed by atoms with Crippen LogP contribution in [0.2, 0.25) is 0 Å². The van der Waals surface area contributed by atoms with Gasteiger partial charge in [0.05, 0.1) is 6.04 Å². The van der Waals surface area contributed by atoms with Crippen molar-refractivity contribution in [3.8, 4) is 0 Å². The summed E-state index contributed by atoms with van der Waals surface area (Å²) in [7, 11) is 3.35. The van der Waals surface area contributed by atoms with Gasteiger partial charge in [-0.05, 0) is 43.5 Å². The van der Waals surface area contributed by atoms with Crippen molar-refractivity contribution in [3.05, 3.63) is 34.9 Å². The number of rotatable bonds is 7. The standard InChI is InChI=1S/C15H25NO2/c1-6-9-16-14(15(17-4)18-5)13-8-7-11(2)12(3)10-13/h7-8,10,14-16H,6,9H2,1-5H3. The van der Waals surface area contributed by atoms with Gasteiger partial charge in [0.15, 0.2) is 6.29 Å². The molecule has 1 rings (SSSR count). The van der Waals surface area contributed by atoms with Crippen molar-refractivity contribution in [1.82, 2.24) is 5.32 Å². The quantitative estimate of drug-likeness (QED) is 0.756. The molecule has 1 unspecified atom stereocenters. The van der Waals surface area contributed by atoms with Gasteiger partial charge in [-0.1, -0.05) is 25.1 Å². The number of aryl methyl sites for hydroxylation is 2. The molecule has 0 aliphatic heterocycles. The Balaban J connectivity index is 2.96. The SMILES string of the molecule is CCCNC(c1ccc(C)c(C)c1)C(OC)OC. The number of ether oxygens (including phenoxy) is 2. The summed E-state index contributed by atoms with van der Waals surface area (Å²) in [6, 6.07) is 6.56. The zero-order valence-electron chi connectivity index (χ0n) is 12.1. The van der Waals surface area contributed by atoms with Crippen molar-refractivity contribution in [2.24, 2.45) is 0 Å². The third-order valence-corrected chi connectivity index (χ3v) is 3.24. The molecule has 102 valence electrons. The van der Waals surface area contributed by atoms with Gasteiger partial charge in [-0.25, -0.2) is 0 Å². The van der Waals surface area contributed by atoms with Gasteiger partial charge in [0.2, 0.25) is 0 Å². The summed E-state index contributed by atoms with van der Waals surface area (Å²) in [5.41, 5.74) is 3.81. The highest BCUT2D eigenvalue weighted by atomic mass is 16.7. The van der Waals surface area contributed by atoms with E-state index >= 15 is 0 Å². The van der Waals surface area contributed by atoms with Gasteiger partial charge >= 0.3 is 0 Å². The Labute approximate surface area is 110 Å². The van der Waals surface area contributed by atoms with Crippen LogP contribution in [0.15, 0.2) is 18.2 Å². The van der Waals surface area contributed by atoms with Crippen LogP contribution in [0.1, 0.15) is 36.1 Å². The molecule has 0 aromatic heterocycles. The van der Waals surface area contributed by atoms with E-state index in [9.17, 15) is 0 Å². The van der Waals surface area contributed by atoms with Crippen LogP contribution in [0.5, 0.6) is 0 Å².